The second-order valence-electron chi connectivity index (χ2n) is 6.17. The maximum Gasteiger partial charge on any atom is 0.325 e. The number of hydrogen-bond donors (Lipinski definition) is 3. The van der Waals surface area contributed by atoms with Crippen LogP contribution in [-0.4, -0.2) is 37.0 Å². The molecule has 8 nitrogen and oxygen atoms in total. The van der Waals surface area contributed by atoms with E-state index in [2.05, 4.69) is 15.4 Å². The Morgan fingerprint density at radius 3 is 2.48 bits per heavy atom. The number of carbonyl (C=O) groups excluding carboxylic acids is 4. The Balaban J connectivity index is 1.71. The quantitative estimate of drug-likeness (QED) is 0.641. The maximum absolute atomic E-state index is 13.1. The van der Waals surface area contributed by atoms with Gasteiger partial charge in [-0.1, -0.05) is 23.8 Å². The van der Waals surface area contributed by atoms with E-state index < -0.39 is 42.8 Å². The summed E-state index contributed by atoms with van der Waals surface area (Å²) in [5.74, 6) is -2.98. The Morgan fingerprint density at radius 2 is 1.79 bits per heavy atom. The standard InChI is InChI=1S/C20H20FN3O5/c1-12-6-7-16(13(2)8-12)23-20(28)24-17(25)11-29-18(26)10-22-19(27)14-4-3-5-15(21)9-14/h3-9H,10-11H2,1-2H3,(H,22,27)(H2,23,24,25,28). The van der Waals surface area contributed by atoms with Crippen LogP contribution in [0.5, 0.6) is 0 Å². The highest BCUT2D eigenvalue weighted by Gasteiger charge is 2.13. The fourth-order valence-electron chi connectivity index (χ4n) is 2.35. The van der Waals surface area contributed by atoms with Gasteiger partial charge in [-0.2, -0.15) is 0 Å². The van der Waals surface area contributed by atoms with Gasteiger partial charge in [0.1, 0.15) is 12.4 Å². The summed E-state index contributed by atoms with van der Waals surface area (Å²) in [7, 11) is 0. The van der Waals surface area contributed by atoms with Crippen LogP contribution in [0.2, 0.25) is 0 Å². The molecule has 0 aliphatic heterocycles. The third-order valence-corrected chi connectivity index (χ3v) is 3.73. The number of anilines is 1. The maximum atomic E-state index is 13.1. The van der Waals surface area contributed by atoms with E-state index >= 15 is 0 Å². The molecule has 0 aliphatic rings. The van der Waals surface area contributed by atoms with E-state index in [1.165, 1.54) is 18.2 Å². The minimum absolute atomic E-state index is 0.0404. The molecular weight excluding hydrogens is 381 g/mol. The van der Waals surface area contributed by atoms with Gasteiger partial charge in [-0.05, 0) is 43.7 Å². The fraction of sp³-hybridized carbons (Fsp3) is 0.200. The summed E-state index contributed by atoms with van der Waals surface area (Å²) in [4.78, 5) is 46.9. The fourth-order valence-corrected chi connectivity index (χ4v) is 2.35. The van der Waals surface area contributed by atoms with Crippen molar-refractivity contribution in [3.8, 4) is 0 Å². The normalized spacial score (nSPS) is 10.0. The molecule has 0 bridgehead atoms. The van der Waals surface area contributed by atoms with E-state index in [1.807, 2.05) is 31.3 Å². The number of benzene rings is 2. The lowest BCUT2D eigenvalue weighted by atomic mass is 10.1. The van der Waals surface area contributed by atoms with Crippen molar-refractivity contribution in [2.45, 2.75) is 13.8 Å². The largest absolute Gasteiger partial charge is 0.454 e. The summed E-state index contributed by atoms with van der Waals surface area (Å²) >= 11 is 0. The van der Waals surface area contributed by atoms with Gasteiger partial charge in [-0.3, -0.25) is 19.7 Å². The second kappa shape index (κ2) is 9.98. The Morgan fingerprint density at radius 1 is 1.03 bits per heavy atom. The predicted molar refractivity (Wildman–Crippen MR) is 103 cm³/mol. The van der Waals surface area contributed by atoms with E-state index in [4.69, 9.17) is 0 Å². The highest BCUT2D eigenvalue weighted by molar-refractivity contribution is 6.02. The van der Waals surface area contributed by atoms with Crippen LogP contribution in [-0.2, 0) is 14.3 Å². The summed E-state index contributed by atoms with van der Waals surface area (Å²) in [6.07, 6.45) is 0. The molecule has 152 valence electrons. The topological polar surface area (TPSA) is 114 Å². The molecule has 0 aromatic heterocycles. The van der Waals surface area contributed by atoms with Crippen LogP contribution in [0.25, 0.3) is 0 Å². The molecule has 2 aromatic carbocycles. The lowest BCUT2D eigenvalue weighted by Gasteiger charge is -2.10. The van der Waals surface area contributed by atoms with Crippen LogP contribution >= 0.6 is 0 Å². The molecule has 0 saturated heterocycles. The van der Waals surface area contributed by atoms with E-state index in [-0.39, 0.29) is 5.56 Å². The average molecular weight is 401 g/mol. The number of hydrogen-bond acceptors (Lipinski definition) is 5. The van der Waals surface area contributed by atoms with Gasteiger partial charge in [-0.25, -0.2) is 9.18 Å². The van der Waals surface area contributed by atoms with Crippen LogP contribution in [0, 0.1) is 19.7 Å². The highest BCUT2D eigenvalue weighted by Crippen LogP contribution is 2.15. The van der Waals surface area contributed by atoms with Gasteiger partial charge >= 0.3 is 12.0 Å². The molecule has 2 rings (SSSR count). The SMILES string of the molecule is Cc1ccc(NC(=O)NC(=O)COC(=O)CNC(=O)c2cccc(F)c2)c(C)c1. The van der Waals surface area contributed by atoms with Gasteiger partial charge in [0.15, 0.2) is 6.61 Å². The first-order valence-corrected chi connectivity index (χ1v) is 8.62. The number of nitrogens with one attached hydrogen (secondary N) is 3. The Labute approximate surface area is 166 Å². The van der Waals surface area contributed by atoms with Gasteiger partial charge in [-0.15, -0.1) is 0 Å². The summed E-state index contributed by atoms with van der Waals surface area (Å²) in [5.41, 5.74) is 2.44. The molecule has 0 aliphatic carbocycles. The predicted octanol–water partition coefficient (Wildman–Crippen LogP) is 2.06. The molecule has 0 unspecified atom stereocenters. The van der Waals surface area contributed by atoms with Crippen LogP contribution in [0.4, 0.5) is 14.9 Å². The van der Waals surface area contributed by atoms with E-state index in [0.717, 1.165) is 17.2 Å². The number of halogens is 1. The first-order chi connectivity index (χ1) is 13.7. The van der Waals surface area contributed by atoms with E-state index in [9.17, 15) is 23.6 Å². The molecule has 29 heavy (non-hydrogen) atoms. The first kappa shape index (κ1) is 21.5. The number of esters is 1. The van der Waals surface area contributed by atoms with Gasteiger partial charge < -0.3 is 15.4 Å². The van der Waals surface area contributed by atoms with Crippen molar-refractivity contribution in [2.75, 3.05) is 18.5 Å². The zero-order valence-corrected chi connectivity index (χ0v) is 15.9. The molecule has 4 amide bonds. The van der Waals surface area contributed by atoms with Crippen LogP contribution in [0.1, 0.15) is 21.5 Å². The van der Waals surface area contributed by atoms with Crippen LogP contribution in [0.15, 0.2) is 42.5 Å². The Kier molecular flexibility index (Phi) is 7.41. The lowest BCUT2D eigenvalue weighted by Crippen LogP contribution is -2.38. The summed E-state index contributed by atoms with van der Waals surface area (Å²) in [6.45, 7) is 2.51. The average Bonchev–Trinajstić information content (AvgIpc) is 2.66. The number of urea groups is 1. The monoisotopic (exact) mass is 401 g/mol. The van der Waals surface area contributed by atoms with Crippen molar-refractivity contribution in [1.29, 1.82) is 0 Å². The van der Waals surface area contributed by atoms with Crippen LogP contribution in [0.3, 0.4) is 0 Å². The van der Waals surface area contributed by atoms with E-state index in [1.54, 1.807) is 6.07 Å². The smallest absolute Gasteiger partial charge is 0.325 e. The van der Waals surface area contributed by atoms with E-state index in [0.29, 0.717) is 5.69 Å². The summed E-state index contributed by atoms with van der Waals surface area (Å²) in [5, 5.41) is 6.79. The Bertz CT molecular complexity index is 945. The van der Waals surface area contributed by atoms with Gasteiger partial charge in [0.25, 0.3) is 11.8 Å². The zero-order chi connectivity index (χ0) is 21.4. The lowest BCUT2D eigenvalue weighted by molar-refractivity contribution is -0.147. The molecule has 2 aromatic rings. The molecule has 0 spiro atoms. The molecule has 0 saturated carbocycles. The van der Waals surface area contributed by atoms with Crippen molar-refractivity contribution in [3.05, 3.63) is 65.0 Å². The number of imide groups is 1. The molecule has 0 fully saturated rings. The molecule has 9 heteroatoms. The molecule has 3 N–H and O–H groups in total. The number of rotatable bonds is 6. The molecule has 0 atom stereocenters. The number of amides is 4. The molecule has 0 radical (unpaired) electrons. The summed E-state index contributed by atoms with van der Waals surface area (Å²) < 4.78 is 17.8. The van der Waals surface area contributed by atoms with Crippen LogP contribution < -0.4 is 16.0 Å². The van der Waals surface area contributed by atoms with Crippen molar-refractivity contribution in [1.82, 2.24) is 10.6 Å². The zero-order valence-electron chi connectivity index (χ0n) is 15.9. The first-order valence-electron chi connectivity index (χ1n) is 8.62. The minimum Gasteiger partial charge on any atom is -0.454 e. The second-order valence-corrected chi connectivity index (χ2v) is 6.17. The third-order valence-electron chi connectivity index (χ3n) is 3.73. The summed E-state index contributed by atoms with van der Waals surface area (Å²) in [6, 6.07) is 9.55. The Hall–Kier alpha value is -3.75. The van der Waals surface area contributed by atoms with Crippen molar-refractivity contribution >= 4 is 29.5 Å². The number of carbonyl (C=O) groups is 4. The highest BCUT2D eigenvalue weighted by atomic mass is 19.1. The van der Waals surface area contributed by atoms with Gasteiger partial charge in [0.05, 0.1) is 0 Å². The number of aryl methyl sites for hydroxylation is 2. The molecule has 0 heterocycles. The van der Waals surface area contributed by atoms with Crippen molar-refractivity contribution < 1.29 is 28.3 Å². The third kappa shape index (κ3) is 7.06. The van der Waals surface area contributed by atoms with Crippen molar-refractivity contribution in [3.63, 3.8) is 0 Å². The minimum atomic E-state index is -0.889. The number of ether oxygens (including phenoxy) is 1. The van der Waals surface area contributed by atoms with Gasteiger partial charge in [0.2, 0.25) is 0 Å². The molecular formula is C20H20FN3O5. The van der Waals surface area contributed by atoms with Crippen molar-refractivity contribution in [2.24, 2.45) is 0 Å². The van der Waals surface area contributed by atoms with Gasteiger partial charge in [0, 0.05) is 11.3 Å².